The van der Waals surface area contributed by atoms with Gasteiger partial charge in [-0.3, -0.25) is 0 Å². The standard InChI is InChI=1S/C18H25N3/c1-13-16(12-19-18(3,4)5)14(2)21-17(20-13)11-15-9-7-6-8-10-15/h6-10,19H,11-12H2,1-5H3. The van der Waals surface area contributed by atoms with Crippen LogP contribution in [0.25, 0.3) is 0 Å². The molecule has 1 aromatic carbocycles. The summed E-state index contributed by atoms with van der Waals surface area (Å²) in [5.74, 6) is 0.899. The van der Waals surface area contributed by atoms with Crippen molar-refractivity contribution < 1.29 is 0 Å². The molecule has 2 aromatic rings. The van der Waals surface area contributed by atoms with Crippen LogP contribution in [0, 0.1) is 13.8 Å². The Morgan fingerprint density at radius 1 is 0.952 bits per heavy atom. The lowest BCUT2D eigenvalue weighted by molar-refractivity contribution is 0.422. The van der Waals surface area contributed by atoms with E-state index >= 15 is 0 Å². The fraction of sp³-hybridized carbons (Fsp3) is 0.444. The molecule has 0 bridgehead atoms. The Balaban J connectivity index is 2.17. The molecule has 2 rings (SSSR count). The van der Waals surface area contributed by atoms with Crippen LogP contribution >= 0.6 is 0 Å². The lowest BCUT2D eigenvalue weighted by Crippen LogP contribution is -2.35. The topological polar surface area (TPSA) is 37.8 Å². The van der Waals surface area contributed by atoms with Gasteiger partial charge in [-0.05, 0) is 40.2 Å². The Kier molecular flexibility index (Phi) is 4.73. The van der Waals surface area contributed by atoms with Crippen molar-refractivity contribution in [3.05, 3.63) is 58.7 Å². The van der Waals surface area contributed by atoms with E-state index < -0.39 is 0 Å². The minimum absolute atomic E-state index is 0.0988. The van der Waals surface area contributed by atoms with Gasteiger partial charge in [0, 0.05) is 35.5 Å². The van der Waals surface area contributed by atoms with Gasteiger partial charge >= 0.3 is 0 Å². The van der Waals surface area contributed by atoms with E-state index in [9.17, 15) is 0 Å². The van der Waals surface area contributed by atoms with Crippen LogP contribution in [0.5, 0.6) is 0 Å². The predicted octanol–water partition coefficient (Wildman–Crippen LogP) is 3.57. The van der Waals surface area contributed by atoms with Crippen molar-refractivity contribution in [2.45, 2.75) is 53.1 Å². The maximum absolute atomic E-state index is 4.68. The van der Waals surface area contributed by atoms with Gasteiger partial charge < -0.3 is 5.32 Å². The molecule has 0 spiro atoms. The first-order valence-electron chi connectivity index (χ1n) is 7.47. The average Bonchev–Trinajstić information content (AvgIpc) is 2.37. The molecular weight excluding hydrogens is 258 g/mol. The minimum Gasteiger partial charge on any atom is -0.308 e. The Morgan fingerprint density at radius 2 is 1.52 bits per heavy atom. The molecule has 112 valence electrons. The quantitative estimate of drug-likeness (QED) is 0.932. The largest absolute Gasteiger partial charge is 0.308 e. The molecule has 0 aliphatic carbocycles. The second-order valence-electron chi connectivity index (χ2n) is 6.56. The third kappa shape index (κ3) is 4.64. The zero-order valence-corrected chi connectivity index (χ0v) is 13.7. The van der Waals surface area contributed by atoms with E-state index in [1.165, 1.54) is 11.1 Å². The maximum atomic E-state index is 4.68. The molecule has 0 amide bonds. The van der Waals surface area contributed by atoms with Crippen molar-refractivity contribution in [2.24, 2.45) is 0 Å². The number of benzene rings is 1. The minimum atomic E-state index is 0.0988. The van der Waals surface area contributed by atoms with Crippen LogP contribution in [0.1, 0.15) is 49.1 Å². The molecule has 0 saturated heterocycles. The summed E-state index contributed by atoms with van der Waals surface area (Å²) in [6, 6.07) is 10.4. The van der Waals surface area contributed by atoms with Crippen LogP contribution < -0.4 is 5.32 Å². The van der Waals surface area contributed by atoms with Crippen LogP contribution in [0.2, 0.25) is 0 Å². The third-order valence-electron chi connectivity index (χ3n) is 3.47. The normalized spacial score (nSPS) is 11.7. The Morgan fingerprint density at radius 3 is 2.05 bits per heavy atom. The average molecular weight is 283 g/mol. The zero-order chi connectivity index (χ0) is 15.5. The highest BCUT2D eigenvalue weighted by molar-refractivity contribution is 5.26. The lowest BCUT2D eigenvalue weighted by atomic mass is 10.1. The number of nitrogens with one attached hydrogen (secondary N) is 1. The van der Waals surface area contributed by atoms with E-state index in [2.05, 4.69) is 74.2 Å². The molecule has 3 heteroatoms. The van der Waals surface area contributed by atoms with Gasteiger partial charge in [-0.2, -0.15) is 0 Å². The molecule has 0 atom stereocenters. The number of hydrogen-bond donors (Lipinski definition) is 1. The first-order valence-corrected chi connectivity index (χ1v) is 7.47. The maximum Gasteiger partial charge on any atom is 0.133 e. The fourth-order valence-electron chi connectivity index (χ4n) is 2.28. The molecule has 3 nitrogen and oxygen atoms in total. The summed E-state index contributed by atoms with van der Waals surface area (Å²) in [5, 5.41) is 3.51. The predicted molar refractivity (Wildman–Crippen MR) is 87.3 cm³/mol. The summed E-state index contributed by atoms with van der Waals surface area (Å²) >= 11 is 0. The summed E-state index contributed by atoms with van der Waals surface area (Å²) in [6.45, 7) is 11.5. The molecule has 1 aromatic heterocycles. The fourth-order valence-corrected chi connectivity index (χ4v) is 2.28. The molecule has 0 fully saturated rings. The summed E-state index contributed by atoms with van der Waals surface area (Å²) in [4.78, 5) is 9.36. The Labute approximate surface area is 127 Å². The number of aryl methyl sites for hydroxylation is 2. The van der Waals surface area contributed by atoms with Crippen LogP contribution in [-0.2, 0) is 13.0 Å². The van der Waals surface area contributed by atoms with Gasteiger partial charge in [-0.15, -0.1) is 0 Å². The first-order chi connectivity index (χ1) is 9.85. The molecule has 21 heavy (non-hydrogen) atoms. The second kappa shape index (κ2) is 6.35. The van der Waals surface area contributed by atoms with Crippen molar-refractivity contribution in [2.75, 3.05) is 0 Å². The van der Waals surface area contributed by atoms with Crippen molar-refractivity contribution >= 4 is 0 Å². The van der Waals surface area contributed by atoms with Crippen LogP contribution in [0.3, 0.4) is 0 Å². The molecule has 0 saturated carbocycles. The van der Waals surface area contributed by atoms with Crippen molar-refractivity contribution in [3.8, 4) is 0 Å². The molecule has 0 radical (unpaired) electrons. The highest BCUT2D eigenvalue weighted by Gasteiger charge is 2.13. The lowest BCUT2D eigenvalue weighted by Gasteiger charge is -2.22. The first kappa shape index (κ1) is 15.6. The molecule has 0 aliphatic rings. The number of hydrogen-bond acceptors (Lipinski definition) is 3. The van der Waals surface area contributed by atoms with E-state index in [-0.39, 0.29) is 5.54 Å². The summed E-state index contributed by atoms with van der Waals surface area (Å²) < 4.78 is 0. The van der Waals surface area contributed by atoms with Crippen molar-refractivity contribution in [3.63, 3.8) is 0 Å². The smallest absolute Gasteiger partial charge is 0.133 e. The number of rotatable bonds is 4. The Bertz CT molecular complexity index is 575. The van der Waals surface area contributed by atoms with Crippen LogP contribution in [0.15, 0.2) is 30.3 Å². The van der Waals surface area contributed by atoms with E-state index in [1.807, 2.05) is 6.07 Å². The highest BCUT2D eigenvalue weighted by atomic mass is 15.0. The molecule has 1 N–H and O–H groups in total. The van der Waals surface area contributed by atoms with Crippen LogP contribution in [0.4, 0.5) is 0 Å². The molecule has 0 aliphatic heterocycles. The van der Waals surface area contributed by atoms with Gasteiger partial charge in [0.2, 0.25) is 0 Å². The van der Waals surface area contributed by atoms with Crippen LogP contribution in [-0.4, -0.2) is 15.5 Å². The van der Waals surface area contributed by atoms with E-state index in [0.717, 1.165) is 30.2 Å². The van der Waals surface area contributed by atoms with E-state index in [1.54, 1.807) is 0 Å². The summed E-state index contributed by atoms with van der Waals surface area (Å²) in [6.07, 6.45) is 0.787. The van der Waals surface area contributed by atoms with E-state index in [4.69, 9.17) is 0 Å². The molecule has 1 heterocycles. The zero-order valence-electron chi connectivity index (χ0n) is 13.7. The second-order valence-corrected chi connectivity index (χ2v) is 6.56. The monoisotopic (exact) mass is 283 g/mol. The van der Waals surface area contributed by atoms with Gasteiger partial charge in [0.25, 0.3) is 0 Å². The van der Waals surface area contributed by atoms with Gasteiger partial charge in [0.05, 0.1) is 0 Å². The Hall–Kier alpha value is -1.74. The van der Waals surface area contributed by atoms with Crippen molar-refractivity contribution in [1.82, 2.24) is 15.3 Å². The van der Waals surface area contributed by atoms with Crippen molar-refractivity contribution in [1.29, 1.82) is 0 Å². The van der Waals surface area contributed by atoms with Gasteiger partial charge in [0.15, 0.2) is 0 Å². The number of nitrogens with zero attached hydrogens (tertiary/aromatic N) is 2. The molecular formula is C18H25N3. The highest BCUT2D eigenvalue weighted by Crippen LogP contribution is 2.14. The molecule has 0 unspecified atom stereocenters. The SMILES string of the molecule is Cc1nc(Cc2ccccc2)nc(C)c1CNC(C)(C)C. The van der Waals surface area contributed by atoms with Gasteiger partial charge in [0.1, 0.15) is 5.82 Å². The van der Waals surface area contributed by atoms with Gasteiger partial charge in [-0.1, -0.05) is 30.3 Å². The third-order valence-corrected chi connectivity index (χ3v) is 3.47. The van der Waals surface area contributed by atoms with Gasteiger partial charge in [-0.25, -0.2) is 9.97 Å². The summed E-state index contributed by atoms with van der Waals surface area (Å²) in [7, 11) is 0. The van der Waals surface area contributed by atoms with E-state index in [0.29, 0.717) is 0 Å². The number of aromatic nitrogens is 2. The summed E-state index contributed by atoms with van der Waals surface area (Å²) in [5.41, 5.74) is 4.70.